The van der Waals surface area contributed by atoms with Crippen LogP contribution in [0.3, 0.4) is 0 Å². The van der Waals surface area contributed by atoms with E-state index in [1.165, 1.54) is 12.8 Å². The Bertz CT molecular complexity index is 197. The average molecular weight is 240 g/mol. The summed E-state index contributed by atoms with van der Waals surface area (Å²) in [5.74, 6) is 0. The topological polar surface area (TPSA) is 83.8 Å². The minimum Gasteiger partial charge on any atom is -0.457 e. The standard InChI is InChI=1S/C5H11O5P.C4H10/c1-2-3-4-10-5(6)11(7,8)9;1-3-4-2/h2-4H2,1H3,(H2,7,8,9);3-4H2,1-2H3. The molecule has 0 bridgehead atoms. The van der Waals surface area contributed by atoms with Gasteiger partial charge in [-0.25, -0.2) is 9.36 Å². The number of hydrogen-bond acceptors (Lipinski definition) is 3. The van der Waals surface area contributed by atoms with Crippen LogP contribution in [0.4, 0.5) is 4.79 Å². The molecular weight excluding hydrogens is 219 g/mol. The maximum atomic E-state index is 10.4. The van der Waals surface area contributed by atoms with Crippen LogP contribution in [0.15, 0.2) is 0 Å². The van der Waals surface area contributed by atoms with Crippen LogP contribution in [0.25, 0.3) is 0 Å². The third-order valence-electron chi connectivity index (χ3n) is 1.46. The molecule has 0 aromatic rings. The zero-order valence-corrected chi connectivity index (χ0v) is 10.5. The molecule has 0 atom stereocenters. The quantitative estimate of drug-likeness (QED) is 0.570. The number of hydrogen-bond donors (Lipinski definition) is 2. The van der Waals surface area contributed by atoms with Gasteiger partial charge in [0, 0.05) is 0 Å². The van der Waals surface area contributed by atoms with Crippen LogP contribution in [0.2, 0.25) is 0 Å². The van der Waals surface area contributed by atoms with Crippen molar-refractivity contribution in [3.63, 3.8) is 0 Å². The van der Waals surface area contributed by atoms with Gasteiger partial charge in [-0.3, -0.25) is 0 Å². The molecule has 5 nitrogen and oxygen atoms in total. The van der Waals surface area contributed by atoms with Crippen molar-refractivity contribution in [2.24, 2.45) is 0 Å². The Morgan fingerprint density at radius 3 is 1.87 bits per heavy atom. The summed E-state index contributed by atoms with van der Waals surface area (Å²) < 4.78 is 14.4. The molecule has 0 aliphatic rings. The van der Waals surface area contributed by atoms with Crippen molar-refractivity contribution in [3.05, 3.63) is 0 Å². The van der Waals surface area contributed by atoms with Gasteiger partial charge in [-0.15, -0.1) is 0 Å². The molecule has 0 aliphatic carbocycles. The third kappa shape index (κ3) is 13.6. The molecule has 0 saturated carbocycles. The molecular formula is C9H21O5P. The van der Waals surface area contributed by atoms with Gasteiger partial charge in [-0.2, -0.15) is 0 Å². The molecule has 2 N–H and O–H groups in total. The molecule has 15 heavy (non-hydrogen) atoms. The van der Waals surface area contributed by atoms with E-state index < -0.39 is 13.3 Å². The van der Waals surface area contributed by atoms with E-state index in [0.717, 1.165) is 6.42 Å². The number of ether oxygens (including phenoxy) is 1. The van der Waals surface area contributed by atoms with E-state index >= 15 is 0 Å². The van der Waals surface area contributed by atoms with Gasteiger partial charge >= 0.3 is 13.3 Å². The van der Waals surface area contributed by atoms with Crippen molar-refractivity contribution >= 4 is 13.3 Å². The molecule has 0 amide bonds. The molecule has 0 rings (SSSR count). The van der Waals surface area contributed by atoms with Crippen molar-refractivity contribution < 1.29 is 23.9 Å². The fourth-order valence-electron chi connectivity index (χ4n) is 0.388. The van der Waals surface area contributed by atoms with Crippen molar-refractivity contribution in [1.29, 1.82) is 0 Å². The van der Waals surface area contributed by atoms with Crippen LogP contribution >= 0.6 is 7.60 Å². The first-order valence-electron chi connectivity index (χ1n) is 5.12. The monoisotopic (exact) mass is 240 g/mol. The van der Waals surface area contributed by atoms with E-state index in [-0.39, 0.29) is 6.61 Å². The zero-order chi connectivity index (χ0) is 12.3. The number of carbonyl (C=O) groups is 1. The average Bonchev–Trinajstić information content (AvgIpc) is 2.17. The molecule has 0 saturated heterocycles. The second-order valence-electron chi connectivity index (χ2n) is 3.01. The molecule has 0 unspecified atom stereocenters. The Balaban J connectivity index is 0. The second-order valence-corrected chi connectivity index (χ2v) is 4.47. The summed E-state index contributed by atoms with van der Waals surface area (Å²) in [4.78, 5) is 26.8. The van der Waals surface area contributed by atoms with Crippen LogP contribution < -0.4 is 0 Å². The predicted octanol–water partition coefficient (Wildman–Crippen LogP) is 2.91. The highest BCUT2D eigenvalue weighted by molar-refractivity contribution is 7.69. The highest BCUT2D eigenvalue weighted by Crippen LogP contribution is 2.36. The fraction of sp³-hybridized carbons (Fsp3) is 0.889. The SMILES string of the molecule is CCCC.CCCCOC(=O)P(=O)(O)O. The minimum absolute atomic E-state index is 0.0699. The summed E-state index contributed by atoms with van der Waals surface area (Å²) in [5.41, 5.74) is -1.44. The summed E-state index contributed by atoms with van der Waals surface area (Å²) in [6.07, 6.45) is 4.07. The molecule has 92 valence electrons. The van der Waals surface area contributed by atoms with Gasteiger partial charge in [0.15, 0.2) is 0 Å². The second kappa shape index (κ2) is 10.1. The van der Waals surface area contributed by atoms with Gasteiger partial charge in [0.25, 0.3) is 0 Å². The van der Waals surface area contributed by atoms with Gasteiger partial charge in [0.05, 0.1) is 6.61 Å². The molecule has 0 aromatic heterocycles. The first-order valence-corrected chi connectivity index (χ1v) is 6.74. The van der Waals surface area contributed by atoms with E-state index in [4.69, 9.17) is 9.79 Å². The first-order chi connectivity index (χ1) is 6.90. The van der Waals surface area contributed by atoms with E-state index in [1.807, 2.05) is 6.92 Å². The summed E-state index contributed by atoms with van der Waals surface area (Å²) in [6, 6.07) is 0. The molecule has 0 spiro atoms. The van der Waals surface area contributed by atoms with Gasteiger partial charge in [-0.1, -0.05) is 40.0 Å². The predicted molar refractivity (Wildman–Crippen MR) is 58.9 cm³/mol. The van der Waals surface area contributed by atoms with E-state index in [9.17, 15) is 9.36 Å². The lowest BCUT2D eigenvalue weighted by Gasteiger charge is -2.03. The molecule has 0 fully saturated rings. The van der Waals surface area contributed by atoms with Gasteiger partial charge in [0.2, 0.25) is 0 Å². The maximum absolute atomic E-state index is 10.4. The van der Waals surface area contributed by atoms with Gasteiger partial charge in [-0.05, 0) is 6.42 Å². The Labute approximate surface area is 91.0 Å². The van der Waals surface area contributed by atoms with Crippen molar-refractivity contribution in [2.45, 2.75) is 46.5 Å². The normalized spacial score (nSPS) is 10.2. The Morgan fingerprint density at radius 1 is 1.13 bits per heavy atom. The van der Waals surface area contributed by atoms with Gasteiger partial charge in [0.1, 0.15) is 0 Å². The molecule has 0 heterocycles. The third-order valence-corrected chi connectivity index (χ3v) is 2.07. The van der Waals surface area contributed by atoms with Crippen molar-refractivity contribution in [1.82, 2.24) is 0 Å². The molecule has 0 radical (unpaired) electrons. The van der Waals surface area contributed by atoms with E-state index in [1.54, 1.807) is 0 Å². The molecule has 6 heteroatoms. The maximum Gasteiger partial charge on any atom is 0.433 e. The number of carbonyl (C=O) groups excluding carboxylic acids is 1. The Morgan fingerprint density at radius 2 is 1.60 bits per heavy atom. The van der Waals surface area contributed by atoms with E-state index in [0.29, 0.717) is 6.42 Å². The summed E-state index contributed by atoms with van der Waals surface area (Å²) in [7, 11) is -4.66. The van der Waals surface area contributed by atoms with Crippen LogP contribution in [-0.4, -0.2) is 22.1 Å². The Kier molecular flexibility index (Phi) is 11.5. The molecule has 0 aromatic carbocycles. The number of unbranched alkanes of at least 4 members (excludes halogenated alkanes) is 2. The van der Waals surface area contributed by atoms with Crippen LogP contribution in [0, 0.1) is 0 Å². The molecule has 0 aliphatic heterocycles. The van der Waals surface area contributed by atoms with Crippen molar-refractivity contribution in [2.75, 3.05) is 6.61 Å². The van der Waals surface area contributed by atoms with Gasteiger partial charge < -0.3 is 14.5 Å². The largest absolute Gasteiger partial charge is 0.457 e. The minimum atomic E-state index is -4.66. The lowest BCUT2D eigenvalue weighted by molar-refractivity contribution is 0.161. The lowest BCUT2D eigenvalue weighted by atomic mass is 10.4. The lowest BCUT2D eigenvalue weighted by Crippen LogP contribution is -2.03. The summed E-state index contributed by atoms with van der Waals surface area (Å²) in [5, 5.41) is 0. The van der Waals surface area contributed by atoms with E-state index in [2.05, 4.69) is 18.6 Å². The van der Waals surface area contributed by atoms with Crippen LogP contribution in [-0.2, 0) is 9.30 Å². The highest BCUT2D eigenvalue weighted by atomic mass is 31.2. The summed E-state index contributed by atoms with van der Waals surface area (Å²) >= 11 is 0. The van der Waals surface area contributed by atoms with Crippen LogP contribution in [0.1, 0.15) is 46.5 Å². The number of rotatable bonds is 5. The smallest absolute Gasteiger partial charge is 0.433 e. The Hall–Kier alpha value is -0.380. The first kappa shape index (κ1) is 17.0. The van der Waals surface area contributed by atoms with Crippen molar-refractivity contribution in [3.8, 4) is 0 Å². The highest BCUT2D eigenvalue weighted by Gasteiger charge is 2.27. The summed E-state index contributed by atoms with van der Waals surface area (Å²) in [6.45, 7) is 6.31. The zero-order valence-electron chi connectivity index (χ0n) is 9.60. The van der Waals surface area contributed by atoms with Crippen LogP contribution in [0.5, 0.6) is 0 Å². The fourth-order valence-corrected chi connectivity index (χ4v) is 0.647.